The van der Waals surface area contributed by atoms with Gasteiger partial charge >= 0.3 is 0 Å². The first-order chi connectivity index (χ1) is 12.7. The molecular formula is C18H18FN3O3S. The fourth-order valence-corrected chi connectivity index (χ4v) is 2.98. The number of aromatic nitrogens is 2. The normalized spacial score (nSPS) is 10.7. The summed E-state index contributed by atoms with van der Waals surface area (Å²) in [6.07, 6.45) is 0.761. The number of benzene rings is 1. The Morgan fingerprint density at radius 1 is 1.27 bits per heavy atom. The molecule has 0 N–H and O–H groups in total. The van der Waals surface area contributed by atoms with Crippen molar-refractivity contribution in [1.82, 2.24) is 15.1 Å². The van der Waals surface area contributed by atoms with Crippen molar-refractivity contribution in [3.05, 3.63) is 53.5 Å². The van der Waals surface area contributed by atoms with Gasteiger partial charge in [0.25, 0.3) is 11.8 Å². The molecular weight excluding hydrogens is 357 g/mol. The molecule has 2 heterocycles. The van der Waals surface area contributed by atoms with Crippen molar-refractivity contribution in [3.8, 4) is 16.5 Å². The molecule has 1 amide bonds. The van der Waals surface area contributed by atoms with Crippen LogP contribution in [-0.2, 0) is 11.3 Å². The average Bonchev–Trinajstić information content (AvgIpc) is 3.32. The van der Waals surface area contributed by atoms with Gasteiger partial charge in [-0.1, -0.05) is 25.1 Å². The Morgan fingerprint density at radius 3 is 2.85 bits per heavy atom. The third-order valence-electron chi connectivity index (χ3n) is 3.56. The average molecular weight is 375 g/mol. The van der Waals surface area contributed by atoms with E-state index in [1.807, 2.05) is 24.4 Å². The van der Waals surface area contributed by atoms with Gasteiger partial charge in [0.1, 0.15) is 0 Å². The highest BCUT2D eigenvalue weighted by atomic mass is 32.1. The highest BCUT2D eigenvalue weighted by molar-refractivity contribution is 7.13. The molecule has 26 heavy (non-hydrogen) atoms. The Balaban J connectivity index is 1.63. The van der Waals surface area contributed by atoms with Gasteiger partial charge in [0, 0.05) is 6.54 Å². The molecule has 2 aromatic heterocycles. The molecule has 0 atom stereocenters. The minimum absolute atomic E-state index is 0.0510. The van der Waals surface area contributed by atoms with Crippen molar-refractivity contribution in [2.45, 2.75) is 19.9 Å². The number of hydrogen-bond donors (Lipinski definition) is 0. The molecule has 0 saturated heterocycles. The van der Waals surface area contributed by atoms with Crippen LogP contribution >= 0.6 is 11.3 Å². The molecule has 3 aromatic rings. The largest absolute Gasteiger partial charge is 0.481 e. The highest BCUT2D eigenvalue weighted by Crippen LogP contribution is 2.23. The Kier molecular flexibility index (Phi) is 5.96. The van der Waals surface area contributed by atoms with Gasteiger partial charge < -0.3 is 14.1 Å². The zero-order chi connectivity index (χ0) is 18.4. The van der Waals surface area contributed by atoms with E-state index in [4.69, 9.17) is 9.15 Å². The second-order valence-electron chi connectivity index (χ2n) is 5.51. The summed E-state index contributed by atoms with van der Waals surface area (Å²) >= 11 is 1.50. The van der Waals surface area contributed by atoms with Crippen molar-refractivity contribution in [2.24, 2.45) is 0 Å². The van der Waals surface area contributed by atoms with E-state index >= 15 is 0 Å². The van der Waals surface area contributed by atoms with Crippen LogP contribution in [0, 0.1) is 5.82 Å². The van der Waals surface area contributed by atoms with E-state index in [-0.39, 0.29) is 24.8 Å². The van der Waals surface area contributed by atoms with Crippen LogP contribution in [-0.4, -0.2) is 34.2 Å². The van der Waals surface area contributed by atoms with Crippen LogP contribution in [0.15, 0.2) is 46.2 Å². The van der Waals surface area contributed by atoms with Gasteiger partial charge in [0.15, 0.2) is 18.2 Å². The van der Waals surface area contributed by atoms with Crippen molar-refractivity contribution < 1.29 is 18.3 Å². The molecule has 6 nitrogen and oxygen atoms in total. The molecule has 0 aliphatic heterocycles. The Hall–Kier alpha value is -2.74. The van der Waals surface area contributed by atoms with Gasteiger partial charge in [-0.05, 0) is 30.0 Å². The number of amides is 1. The van der Waals surface area contributed by atoms with Crippen LogP contribution < -0.4 is 4.74 Å². The first kappa shape index (κ1) is 18.1. The second kappa shape index (κ2) is 8.57. The molecule has 0 spiro atoms. The number of carbonyl (C=O) groups excluding carboxylic acids is 1. The fourth-order valence-electron chi connectivity index (χ4n) is 2.34. The summed E-state index contributed by atoms with van der Waals surface area (Å²) in [6, 6.07) is 9.77. The maximum absolute atomic E-state index is 13.6. The maximum atomic E-state index is 13.6. The van der Waals surface area contributed by atoms with Crippen LogP contribution in [0.1, 0.15) is 19.2 Å². The van der Waals surface area contributed by atoms with Gasteiger partial charge in [-0.25, -0.2) is 4.39 Å². The van der Waals surface area contributed by atoms with E-state index in [1.165, 1.54) is 23.5 Å². The molecule has 0 radical (unpaired) electrons. The van der Waals surface area contributed by atoms with E-state index in [0.29, 0.717) is 18.3 Å². The lowest BCUT2D eigenvalue weighted by Crippen LogP contribution is -2.35. The lowest BCUT2D eigenvalue weighted by Gasteiger charge is -2.20. The van der Waals surface area contributed by atoms with Gasteiger partial charge in [0.2, 0.25) is 5.89 Å². The molecule has 136 valence electrons. The highest BCUT2D eigenvalue weighted by Gasteiger charge is 2.18. The van der Waals surface area contributed by atoms with E-state index < -0.39 is 5.82 Å². The second-order valence-corrected chi connectivity index (χ2v) is 6.46. The number of rotatable bonds is 8. The molecule has 0 aliphatic rings. The van der Waals surface area contributed by atoms with Crippen molar-refractivity contribution in [2.75, 3.05) is 13.2 Å². The summed E-state index contributed by atoms with van der Waals surface area (Å²) in [5.41, 5.74) is 0. The van der Waals surface area contributed by atoms with Crippen LogP contribution in [0.5, 0.6) is 5.75 Å². The zero-order valence-corrected chi connectivity index (χ0v) is 15.0. The number of carbonyl (C=O) groups is 1. The molecule has 0 saturated carbocycles. The molecule has 0 bridgehead atoms. The number of para-hydroxylation sites is 1. The first-order valence-corrected chi connectivity index (χ1v) is 9.06. The molecule has 1 aromatic carbocycles. The van der Waals surface area contributed by atoms with E-state index in [1.54, 1.807) is 17.0 Å². The van der Waals surface area contributed by atoms with Crippen LogP contribution in [0.4, 0.5) is 4.39 Å². The SMILES string of the molecule is CCCN(Cc1nnc(-c2cccs2)o1)C(=O)COc1ccccc1F. The molecule has 0 aliphatic carbocycles. The monoisotopic (exact) mass is 375 g/mol. The Bertz CT molecular complexity index is 851. The van der Waals surface area contributed by atoms with Crippen molar-refractivity contribution in [1.29, 1.82) is 0 Å². The summed E-state index contributed by atoms with van der Waals surface area (Å²) in [5.74, 6) is 0.0588. The van der Waals surface area contributed by atoms with Gasteiger partial charge in [0.05, 0.1) is 11.4 Å². The molecule has 0 fully saturated rings. The Labute approximate surface area is 154 Å². The van der Waals surface area contributed by atoms with Crippen LogP contribution in [0.25, 0.3) is 10.8 Å². The molecule has 3 rings (SSSR count). The zero-order valence-electron chi connectivity index (χ0n) is 14.2. The van der Waals surface area contributed by atoms with E-state index in [9.17, 15) is 9.18 Å². The smallest absolute Gasteiger partial charge is 0.260 e. The van der Waals surface area contributed by atoms with Crippen LogP contribution in [0.3, 0.4) is 0 Å². The van der Waals surface area contributed by atoms with Gasteiger partial charge in [-0.2, -0.15) is 0 Å². The summed E-state index contributed by atoms with van der Waals surface area (Å²) in [6.45, 7) is 2.40. The molecule has 0 unspecified atom stereocenters. The van der Waals surface area contributed by atoms with E-state index in [0.717, 1.165) is 11.3 Å². The summed E-state index contributed by atoms with van der Waals surface area (Å²) in [7, 11) is 0. The maximum Gasteiger partial charge on any atom is 0.260 e. The van der Waals surface area contributed by atoms with Crippen LogP contribution in [0.2, 0.25) is 0 Å². The van der Waals surface area contributed by atoms with E-state index in [2.05, 4.69) is 10.2 Å². The number of hydrogen-bond acceptors (Lipinski definition) is 6. The minimum Gasteiger partial charge on any atom is -0.481 e. The fraction of sp³-hybridized carbons (Fsp3) is 0.278. The standard InChI is InChI=1S/C18H18FN3O3S/c1-2-9-22(17(23)12-24-14-7-4-3-6-13(14)19)11-16-20-21-18(25-16)15-8-5-10-26-15/h3-8,10H,2,9,11-12H2,1H3. The number of halogens is 1. The molecule has 8 heteroatoms. The van der Waals surface area contributed by atoms with Crippen molar-refractivity contribution >= 4 is 17.2 Å². The predicted octanol–water partition coefficient (Wildman–Crippen LogP) is 3.75. The number of thiophene rings is 1. The van der Waals surface area contributed by atoms with Crippen molar-refractivity contribution in [3.63, 3.8) is 0 Å². The quantitative estimate of drug-likeness (QED) is 0.600. The lowest BCUT2D eigenvalue weighted by molar-refractivity contribution is -0.134. The number of nitrogens with zero attached hydrogens (tertiary/aromatic N) is 3. The van der Waals surface area contributed by atoms with Gasteiger partial charge in [-0.15, -0.1) is 21.5 Å². The number of ether oxygens (including phenoxy) is 1. The first-order valence-electron chi connectivity index (χ1n) is 8.18. The summed E-state index contributed by atoms with van der Waals surface area (Å²) < 4.78 is 24.5. The lowest BCUT2D eigenvalue weighted by atomic mass is 10.3. The third-order valence-corrected chi connectivity index (χ3v) is 4.42. The Morgan fingerprint density at radius 2 is 2.12 bits per heavy atom. The topological polar surface area (TPSA) is 68.5 Å². The minimum atomic E-state index is -0.500. The predicted molar refractivity (Wildman–Crippen MR) is 95.2 cm³/mol. The summed E-state index contributed by atoms with van der Waals surface area (Å²) in [4.78, 5) is 14.9. The summed E-state index contributed by atoms with van der Waals surface area (Å²) in [5, 5.41) is 9.94. The third kappa shape index (κ3) is 4.45. The van der Waals surface area contributed by atoms with Gasteiger partial charge in [-0.3, -0.25) is 4.79 Å².